The van der Waals surface area contributed by atoms with Gasteiger partial charge < -0.3 is 10.1 Å². The van der Waals surface area contributed by atoms with E-state index in [0.717, 1.165) is 17.9 Å². The van der Waals surface area contributed by atoms with Gasteiger partial charge >= 0.3 is 0 Å². The van der Waals surface area contributed by atoms with E-state index < -0.39 is 0 Å². The van der Waals surface area contributed by atoms with Crippen molar-refractivity contribution in [2.24, 2.45) is 0 Å². The van der Waals surface area contributed by atoms with Crippen molar-refractivity contribution in [1.82, 2.24) is 10.3 Å². The highest BCUT2D eigenvalue weighted by molar-refractivity contribution is 5.32. The van der Waals surface area contributed by atoms with Gasteiger partial charge in [-0.1, -0.05) is 12.1 Å². The number of nitrogens with zero attached hydrogens (tertiary/aromatic N) is 2. The number of benzene rings is 1. The Morgan fingerprint density at radius 2 is 2.10 bits per heavy atom. The fraction of sp³-hybridized carbons (Fsp3) is 0.250. The highest BCUT2D eigenvalue weighted by atomic mass is 16.5. The van der Waals surface area contributed by atoms with Crippen LogP contribution in [0.3, 0.4) is 0 Å². The van der Waals surface area contributed by atoms with Crippen molar-refractivity contribution in [2.45, 2.75) is 13.0 Å². The summed E-state index contributed by atoms with van der Waals surface area (Å²) in [5.74, 6) is 0.778. The number of rotatable bonds is 6. The Morgan fingerprint density at radius 3 is 2.75 bits per heavy atom. The normalized spacial score (nSPS) is 11.6. The van der Waals surface area contributed by atoms with Gasteiger partial charge in [0.2, 0.25) is 0 Å². The molecule has 0 aliphatic heterocycles. The van der Waals surface area contributed by atoms with Crippen molar-refractivity contribution in [3.63, 3.8) is 0 Å². The molecule has 0 radical (unpaired) electrons. The molecule has 0 spiro atoms. The number of nitriles is 1. The van der Waals surface area contributed by atoms with E-state index >= 15 is 0 Å². The summed E-state index contributed by atoms with van der Waals surface area (Å²) in [6, 6.07) is 13.7. The predicted octanol–water partition coefficient (Wildman–Crippen LogP) is 2.68. The summed E-state index contributed by atoms with van der Waals surface area (Å²) < 4.78 is 5.56. The minimum absolute atomic E-state index is 0.222. The molecule has 1 unspecified atom stereocenters. The van der Waals surface area contributed by atoms with E-state index in [2.05, 4.69) is 23.3 Å². The Hall–Kier alpha value is -2.38. The molecule has 1 aromatic carbocycles. The van der Waals surface area contributed by atoms with Gasteiger partial charge in [0.25, 0.3) is 0 Å². The van der Waals surface area contributed by atoms with E-state index in [-0.39, 0.29) is 6.04 Å². The second kappa shape index (κ2) is 7.27. The lowest BCUT2D eigenvalue weighted by atomic mass is 10.1. The maximum Gasteiger partial charge on any atom is 0.137 e. The van der Waals surface area contributed by atoms with Crippen molar-refractivity contribution < 1.29 is 4.74 Å². The lowest BCUT2D eigenvalue weighted by Crippen LogP contribution is -2.24. The minimum Gasteiger partial charge on any atom is -0.491 e. The molecule has 1 aromatic heterocycles. The van der Waals surface area contributed by atoms with Gasteiger partial charge in [0.15, 0.2) is 0 Å². The summed E-state index contributed by atoms with van der Waals surface area (Å²) in [7, 11) is 0. The monoisotopic (exact) mass is 267 g/mol. The van der Waals surface area contributed by atoms with Crippen LogP contribution >= 0.6 is 0 Å². The van der Waals surface area contributed by atoms with Gasteiger partial charge in [-0.15, -0.1) is 0 Å². The number of hydrogen-bond acceptors (Lipinski definition) is 4. The molecular weight excluding hydrogens is 250 g/mol. The van der Waals surface area contributed by atoms with E-state index in [1.54, 1.807) is 12.4 Å². The molecule has 1 N–H and O–H groups in total. The Labute approximate surface area is 119 Å². The fourth-order valence-corrected chi connectivity index (χ4v) is 1.84. The van der Waals surface area contributed by atoms with E-state index in [9.17, 15) is 0 Å². The summed E-state index contributed by atoms with van der Waals surface area (Å²) in [5.41, 5.74) is 1.84. The molecule has 2 aromatic rings. The van der Waals surface area contributed by atoms with Gasteiger partial charge in [-0.3, -0.25) is 4.98 Å². The highest BCUT2D eigenvalue weighted by Crippen LogP contribution is 2.12. The Bertz CT molecular complexity index is 561. The molecule has 0 amide bonds. The summed E-state index contributed by atoms with van der Waals surface area (Å²) in [6.45, 7) is 3.42. The molecule has 102 valence electrons. The SMILES string of the molecule is CC(NCCOc1cccnc1)c1ccc(C#N)cc1. The van der Waals surface area contributed by atoms with E-state index in [0.29, 0.717) is 12.2 Å². The van der Waals surface area contributed by atoms with Crippen molar-refractivity contribution in [3.8, 4) is 11.8 Å². The van der Waals surface area contributed by atoms with Crippen LogP contribution in [0.5, 0.6) is 5.75 Å². The zero-order valence-corrected chi connectivity index (χ0v) is 11.4. The molecule has 4 nitrogen and oxygen atoms in total. The van der Waals surface area contributed by atoms with Crippen LogP contribution in [0.15, 0.2) is 48.8 Å². The summed E-state index contributed by atoms with van der Waals surface area (Å²) >= 11 is 0. The Kier molecular flexibility index (Phi) is 5.10. The van der Waals surface area contributed by atoms with Crippen molar-refractivity contribution in [1.29, 1.82) is 5.26 Å². The molecule has 0 aliphatic carbocycles. The quantitative estimate of drug-likeness (QED) is 0.817. The molecule has 0 fully saturated rings. The van der Waals surface area contributed by atoms with Crippen LogP contribution < -0.4 is 10.1 Å². The average molecular weight is 267 g/mol. The van der Waals surface area contributed by atoms with E-state index in [1.165, 1.54) is 0 Å². The summed E-state index contributed by atoms with van der Waals surface area (Å²) in [4.78, 5) is 3.99. The van der Waals surface area contributed by atoms with Gasteiger partial charge in [-0.05, 0) is 36.8 Å². The molecule has 20 heavy (non-hydrogen) atoms. The Morgan fingerprint density at radius 1 is 1.30 bits per heavy atom. The zero-order valence-electron chi connectivity index (χ0n) is 11.4. The molecule has 1 heterocycles. The number of aromatic nitrogens is 1. The topological polar surface area (TPSA) is 57.9 Å². The summed E-state index contributed by atoms with van der Waals surface area (Å²) in [6.07, 6.45) is 3.42. The molecule has 1 atom stereocenters. The van der Waals surface area contributed by atoms with E-state index in [4.69, 9.17) is 10.00 Å². The number of hydrogen-bond donors (Lipinski definition) is 1. The fourth-order valence-electron chi connectivity index (χ4n) is 1.84. The molecule has 2 rings (SSSR count). The van der Waals surface area contributed by atoms with Crippen molar-refractivity contribution in [3.05, 3.63) is 59.9 Å². The van der Waals surface area contributed by atoms with E-state index in [1.807, 2.05) is 36.4 Å². The second-order valence-corrected chi connectivity index (χ2v) is 4.45. The number of pyridine rings is 1. The van der Waals surface area contributed by atoms with Gasteiger partial charge in [0, 0.05) is 18.8 Å². The standard InChI is InChI=1S/C16H17N3O/c1-13(15-6-4-14(11-17)5-7-15)19-9-10-20-16-3-2-8-18-12-16/h2-8,12-13,19H,9-10H2,1H3. The van der Waals surface area contributed by atoms with Crippen LogP contribution in [-0.2, 0) is 0 Å². The second-order valence-electron chi connectivity index (χ2n) is 4.45. The minimum atomic E-state index is 0.222. The molecule has 0 bridgehead atoms. The first kappa shape index (κ1) is 14.0. The van der Waals surface area contributed by atoms with Crippen LogP contribution in [0.2, 0.25) is 0 Å². The molecular formula is C16H17N3O. The first-order valence-corrected chi connectivity index (χ1v) is 6.56. The average Bonchev–Trinajstić information content (AvgIpc) is 2.52. The number of nitrogens with one attached hydrogen (secondary N) is 1. The number of ether oxygens (including phenoxy) is 1. The third-order valence-electron chi connectivity index (χ3n) is 3.00. The van der Waals surface area contributed by atoms with Gasteiger partial charge in [-0.2, -0.15) is 5.26 Å². The summed E-state index contributed by atoms with van der Waals surface area (Å²) in [5, 5.41) is 12.1. The first-order valence-electron chi connectivity index (χ1n) is 6.56. The van der Waals surface area contributed by atoms with Gasteiger partial charge in [-0.25, -0.2) is 0 Å². The van der Waals surface area contributed by atoms with Crippen LogP contribution in [0, 0.1) is 11.3 Å². The predicted molar refractivity (Wildman–Crippen MR) is 77.3 cm³/mol. The zero-order chi connectivity index (χ0) is 14.2. The van der Waals surface area contributed by atoms with Crippen molar-refractivity contribution in [2.75, 3.05) is 13.2 Å². The third kappa shape index (κ3) is 4.08. The van der Waals surface area contributed by atoms with Crippen LogP contribution in [0.25, 0.3) is 0 Å². The highest BCUT2D eigenvalue weighted by Gasteiger charge is 2.04. The maximum absolute atomic E-state index is 8.76. The largest absolute Gasteiger partial charge is 0.491 e. The molecule has 0 saturated carbocycles. The van der Waals surface area contributed by atoms with Crippen LogP contribution in [0.1, 0.15) is 24.1 Å². The molecule has 4 heteroatoms. The maximum atomic E-state index is 8.76. The smallest absolute Gasteiger partial charge is 0.137 e. The van der Waals surface area contributed by atoms with Crippen molar-refractivity contribution >= 4 is 0 Å². The molecule has 0 aliphatic rings. The lowest BCUT2D eigenvalue weighted by Gasteiger charge is -2.14. The Balaban J connectivity index is 1.74. The lowest BCUT2D eigenvalue weighted by molar-refractivity contribution is 0.306. The first-order chi connectivity index (χ1) is 9.79. The third-order valence-corrected chi connectivity index (χ3v) is 3.00. The van der Waals surface area contributed by atoms with Crippen LogP contribution in [0.4, 0.5) is 0 Å². The van der Waals surface area contributed by atoms with Gasteiger partial charge in [0.05, 0.1) is 17.8 Å². The van der Waals surface area contributed by atoms with Crippen LogP contribution in [-0.4, -0.2) is 18.1 Å². The van der Waals surface area contributed by atoms with Gasteiger partial charge in [0.1, 0.15) is 12.4 Å². The molecule has 0 saturated heterocycles.